The molecular weight excluding hydrogens is 392 g/mol. The summed E-state index contributed by atoms with van der Waals surface area (Å²) in [4.78, 5) is 28.3. The van der Waals surface area contributed by atoms with Crippen LogP contribution >= 0.6 is 12.4 Å². The van der Waals surface area contributed by atoms with E-state index in [1.165, 1.54) is 11.0 Å². The summed E-state index contributed by atoms with van der Waals surface area (Å²) in [6.45, 7) is 2.87. The molecule has 2 aromatic rings. The van der Waals surface area contributed by atoms with Gasteiger partial charge in [0.1, 0.15) is 0 Å². The number of carbonyl (C=O) groups excluding carboxylic acids is 2. The number of aromatic nitrogens is 3. The summed E-state index contributed by atoms with van der Waals surface area (Å²) in [5.74, 6) is 0.245. The van der Waals surface area contributed by atoms with Crippen LogP contribution < -0.4 is 10.6 Å². The van der Waals surface area contributed by atoms with E-state index in [2.05, 4.69) is 20.8 Å². The highest BCUT2D eigenvalue weighted by Crippen LogP contribution is 2.18. The summed E-state index contributed by atoms with van der Waals surface area (Å²) in [6.07, 6.45) is 5.41. The molecule has 2 aliphatic heterocycles. The van der Waals surface area contributed by atoms with Gasteiger partial charge in [0.05, 0.1) is 17.9 Å². The van der Waals surface area contributed by atoms with Crippen LogP contribution in [0.4, 0.5) is 0 Å². The first kappa shape index (κ1) is 21.3. The van der Waals surface area contributed by atoms with Gasteiger partial charge in [-0.25, -0.2) is 0 Å². The van der Waals surface area contributed by atoms with E-state index in [4.69, 9.17) is 0 Å². The molecular formula is C20H27ClN6O2. The zero-order valence-corrected chi connectivity index (χ0v) is 17.1. The average Bonchev–Trinajstić information content (AvgIpc) is 3.45. The SMILES string of the molecule is Cl.O=C(NCC1CCCN(C(=O)c2cnn(-c3ccccc3)n2)C1)C1CCCN1. The van der Waals surface area contributed by atoms with Gasteiger partial charge in [-0.05, 0) is 50.3 Å². The van der Waals surface area contributed by atoms with Crippen LogP contribution in [0.2, 0.25) is 0 Å². The lowest BCUT2D eigenvalue weighted by Crippen LogP contribution is -2.46. The monoisotopic (exact) mass is 418 g/mol. The van der Waals surface area contributed by atoms with Crippen molar-refractivity contribution in [1.82, 2.24) is 30.5 Å². The number of benzene rings is 1. The van der Waals surface area contributed by atoms with E-state index in [1.54, 1.807) is 0 Å². The van der Waals surface area contributed by atoms with Gasteiger partial charge in [-0.15, -0.1) is 17.5 Å². The normalized spacial score (nSPS) is 21.4. The van der Waals surface area contributed by atoms with E-state index in [9.17, 15) is 9.59 Å². The summed E-state index contributed by atoms with van der Waals surface area (Å²) >= 11 is 0. The quantitative estimate of drug-likeness (QED) is 0.765. The molecule has 1 aromatic heterocycles. The molecule has 1 aromatic carbocycles. The molecule has 4 rings (SSSR count). The van der Waals surface area contributed by atoms with Crippen LogP contribution in [0.15, 0.2) is 36.5 Å². The molecule has 2 amide bonds. The largest absolute Gasteiger partial charge is 0.354 e. The molecule has 2 aliphatic rings. The molecule has 0 aliphatic carbocycles. The predicted octanol–water partition coefficient (Wildman–Crippen LogP) is 1.41. The third-order valence-electron chi connectivity index (χ3n) is 5.45. The van der Waals surface area contributed by atoms with Gasteiger partial charge < -0.3 is 15.5 Å². The maximum atomic E-state index is 12.8. The Morgan fingerprint density at radius 1 is 1.17 bits per heavy atom. The van der Waals surface area contributed by atoms with Gasteiger partial charge >= 0.3 is 0 Å². The second-order valence-electron chi connectivity index (χ2n) is 7.51. The van der Waals surface area contributed by atoms with E-state index in [0.29, 0.717) is 25.3 Å². The number of piperidine rings is 1. The third kappa shape index (κ3) is 5.13. The van der Waals surface area contributed by atoms with E-state index < -0.39 is 0 Å². The van der Waals surface area contributed by atoms with Crippen molar-refractivity contribution >= 4 is 24.2 Å². The van der Waals surface area contributed by atoms with Gasteiger partial charge in [0.25, 0.3) is 5.91 Å². The van der Waals surface area contributed by atoms with Gasteiger partial charge in [0.15, 0.2) is 5.69 Å². The van der Waals surface area contributed by atoms with Crippen molar-refractivity contribution in [2.75, 3.05) is 26.2 Å². The number of amides is 2. The minimum Gasteiger partial charge on any atom is -0.354 e. The fourth-order valence-electron chi connectivity index (χ4n) is 3.90. The Morgan fingerprint density at radius 3 is 2.76 bits per heavy atom. The standard InChI is InChI=1S/C20H26N6O2.ClH/c27-19(17-9-4-10-21-17)22-12-15-6-5-11-25(14-15)20(28)18-13-23-26(24-18)16-7-2-1-3-8-16;/h1-3,7-8,13,15,17,21H,4-6,9-12,14H2,(H,22,27);1H. The molecule has 2 fully saturated rings. The molecule has 2 unspecified atom stereocenters. The van der Waals surface area contributed by atoms with Crippen molar-refractivity contribution in [3.8, 4) is 5.69 Å². The number of hydrogen-bond acceptors (Lipinski definition) is 5. The highest BCUT2D eigenvalue weighted by molar-refractivity contribution is 5.92. The third-order valence-corrected chi connectivity index (χ3v) is 5.45. The highest BCUT2D eigenvalue weighted by Gasteiger charge is 2.28. The van der Waals surface area contributed by atoms with E-state index in [1.807, 2.05) is 35.2 Å². The lowest BCUT2D eigenvalue weighted by atomic mass is 9.97. The zero-order chi connectivity index (χ0) is 19.3. The molecule has 0 bridgehead atoms. The fraction of sp³-hybridized carbons (Fsp3) is 0.500. The Kier molecular flexibility index (Phi) is 7.22. The van der Waals surface area contributed by atoms with Crippen LogP contribution in [-0.4, -0.2) is 63.9 Å². The maximum Gasteiger partial charge on any atom is 0.276 e. The second kappa shape index (κ2) is 9.84. The van der Waals surface area contributed by atoms with Crippen LogP contribution in [0.3, 0.4) is 0 Å². The van der Waals surface area contributed by atoms with Crippen molar-refractivity contribution < 1.29 is 9.59 Å². The predicted molar refractivity (Wildman–Crippen MR) is 111 cm³/mol. The highest BCUT2D eigenvalue weighted by atomic mass is 35.5. The minimum atomic E-state index is -0.101. The number of nitrogens with one attached hydrogen (secondary N) is 2. The Bertz CT molecular complexity index is 821. The van der Waals surface area contributed by atoms with Gasteiger partial charge in [-0.3, -0.25) is 9.59 Å². The smallest absolute Gasteiger partial charge is 0.276 e. The first-order chi connectivity index (χ1) is 13.7. The van der Waals surface area contributed by atoms with Crippen LogP contribution in [0.5, 0.6) is 0 Å². The topological polar surface area (TPSA) is 92.2 Å². The zero-order valence-electron chi connectivity index (χ0n) is 16.3. The molecule has 0 radical (unpaired) electrons. The fourth-order valence-corrected chi connectivity index (χ4v) is 3.90. The Morgan fingerprint density at radius 2 is 2.00 bits per heavy atom. The molecule has 0 spiro atoms. The number of rotatable bonds is 5. The lowest BCUT2D eigenvalue weighted by molar-refractivity contribution is -0.123. The Balaban J connectivity index is 0.00000240. The number of halogens is 1. The van der Waals surface area contributed by atoms with E-state index in [-0.39, 0.29) is 36.2 Å². The van der Waals surface area contributed by atoms with Crippen LogP contribution in [0.1, 0.15) is 36.2 Å². The average molecular weight is 419 g/mol. The molecule has 3 heterocycles. The first-order valence-electron chi connectivity index (χ1n) is 9.99. The number of likely N-dealkylation sites (tertiary alicyclic amines) is 1. The maximum absolute atomic E-state index is 12.8. The lowest BCUT2D eigenvalue weighted by Gasteiger charge is -2.32. The van der Waals surface area contributed by atoms with Crippen molar-refractivity contribution in [1.29, 1.82) is 0 Å². The Labute approximate surface area is 176 Å². The van der Waals surface area contributed by atoms with E-state index >= 15 is 0 Å². The molecule has 0 saturated carbocycles. The molecule has 156 valence electrons. The summed E-state index contributed by atoms with van der Waals surface area (Å²) in [5, 5.41) is 14.8. The molecule has 2 saturated heterocycles. The summed E-state index contributed by atoms with van der Waals surface area (Å²) < 4.78 is 0. The molecule has 2 atom stereocenters. The Hall–Kier alpha value is -2.45. The first-order valence-corrected chi connectivity index (χ1v) is 9.99. The van der Waals surface area contributed by atoms with Gasteiger partial charge in [0, 0.05) is 19.6 Å². The van der Waals surface area contributed by atoms with Gasteiger partial charge in [-0.1, -0.05) is 18.2 Å². The number of hydrogen-bond donors (Lipinski definition) is 2. The van der Waals surface area contributed by atoms with Gasteiger partial charge in [0.2, 0.25) is 5.91 Å². The molecule has 9 heteroatoms. The van der Waals surface area contributed by atoms with Crippen molar-refractivity contribution in [3.05, 3.63) is 42.2 Å². The van der Waals surface area contributed by atoms with Gasteiger partial charge in [-0.2, -0.15) is 9.90 Å². The molecule has 2 N–H and O–H groups in total. The summed E-state index contributed by atoms with van der Waals surface area (Å²) in [7, 11) is 0. The molecule has 8 nitrogen and oxygen atoms in total. The molecule has 29 heavy (non-hydrogen) atoms. The second-order valence-corrected chi connectivity index (χ2v) is 7.51. The van der Waals surface area contributed by atoms with Crippen LogP contribution in [0.25, 0.3) is 5.69 Å². The van der Waals surface area contributed by atoms with Crippen LogP contribution in [-0.2, 0) is 4.79 Å². The number of nitrogens with zero attached hydrogens (tertiary/aromatic N) is 4. The van der Waals surface area contributed by atoms with Crippen molar-refractivity contribution in [2.45, 2.75) is 31.7 Å². The number of carbonyl (C=O) groups is 2. The number of para-hydroxylation sites is 1. The van der Waals surface area contributed by atoms with Crippen LogP contribution in [0, 0.1) is 5.92 Å². The van der Waals surface area contributed by atoms with Crippen molar-refractivity contribution in [3.63, 3.8) is 0 Å². The minimum absolute atomic E-state index is 0. The van der Waals surface area contributed by atoms with E-state index in [0.717, 1.165) is 37.9 Å². The van der Waals surface area contributed by atoms with Crippen molar-refractivity contribution in [2.24, 2.45) is 5.92 Å². The summed E-state index contributed by atoms with van der Waals surface area (Å²) in [5.41, 5.74) is 1.17. The summed E-state index contributed by atoms with van der Waals surface area (Å²) in [6, 6.07) is 9.47.